The fourth-order valence-electron chi connectivity index (χ4n) is 1.39. The van der Waals surface area contributed by atoms with E-state index in [1.807, 2.05) is 20.8 Å². The van der Waals surface area contributed by atoms with E-state index in [1.165, 1.54) is 25.1 Å². The lowest BCUT2D eigenvalue weighted by Gasteiger charge is -2.20. The van der Waals surface area contributed by atoms with Crippen LogP contribution >= 0.6 is 0 Å². The van der Waals surface area contributed by atoms with E-state index in [0.29, 0.717) is 5.69 Å². The number of anilines is 2. The van der Waals surface area contributed by atoms with Gasteiger partial charge in [0.05, 0.1) is 5.69 Å². The predicted molar refractivity (Wildman–Crippen MR) is 72.6 cm³/mol. The molecule has 0 aliphatic heterocycles. The molecular formula is C13H18FN3O2. The summed E-state index contributed by atoms with van der Waals surface area (Å²) in [4.78, 5) is 22.6. The van der Waals surface area contributed by atoms with E-state index in [2.05, 4.69) is 16.0 Å². The summed E-state index contributed by atoms with van der Waals surface area (Å²) in [5.41, 5.74) is 0.0536. The molecule has 0 saturated heterocycles. The molecule has 0 fully saturated rings. The number of halogens is 1. The van der Waals surface area contributed by atoms with Crippen LogP contribution in [0.1, 0.15) is 27.7 Å². The summed E-state index contributed by atoms with van der Waals surface area (Å²) in [5.74, 6) is -0.938. The number of nitrogens with one attached hydrogen (secondary N) is 3. The third kappa shape index (κ3) is 5.37. The molecule has 0 radical (unpaired) electrons. The van der Waals surface area contributed by atoms with Gasteiger partial charge in [0, 0.05) is 18.2 Å². The van der Waals surface area contributed by atoms with Crippen LogP contribution in [0.4, 0.5) is 20.6 Å². The maximum atomic E-state index is 13.4. The molecule has 1 aromatic rings. The zero-order valence-corrected chi connectivity index (χ0v) is 11.4. The monoisotopic (exact) mass is 267 g/mol. The van der Waals surface area contributed by atoms with Gasteiger partial charge in [-0.3, -0.25) is 4.79 Å². The molecule has 0 spiro atoms. The molecule has 1 aromatic carbocycles. The zero-order valence-electron chi connectivity index (χ0n) is 11.4. The van der Waals surface area contributed by atoms with Gasteiger partial charge in [0.1, 0.15) is 5.82 Å². The van der Waals surface area contributed by atoms with Gasteiger partial charge >= 0.3 is 6.03 Å². The molecule has 0 unspecified atom stereocenters. The lowest BCUT2D eigenvalue weighted by molar-refractivity contribution is -0.114. The molecule has 3 amide bonds. The number of rotatable bonds is 2. The van der Waals surface area contributed by atoms with Gasteiger partial charge in [-0.05, 0) is 39.0 Å². The minimum Gasteiger partial charge on any atom is -0.333 e. The van der Waals surface area contributed by atoms with Crippen molar-refractivity contribution in [2.45, 2.75) is 33.2 Å². The van der Waals surface area contributed by atoms with Crippen LogP contribution in [-0.2, 0) is 4.79 Å². The fraction of sp³-hybridized carbons (Fsp3) is 0.385. The van der Waals surface area contributed by atoms with Crippen LogP contribution in [0.15, 0.2) is 18.2 Å². The van der Waals surface area contributed by atoms with E-state index in [4.69, 9.17) is 0 Å². The number of benzene rings is 1. The summed E-state index contributed by atoms with van der Waals surface area (Å²) < 4.78 is 13.4. The highest BCUT2D eigenvalue weighted by atomic mass is 19.1. The number of carbonyl (C=O) groups is 2. The Balaban J connectivity index is 2.79. The second-order valence-corrected chi connectivity index (χ2v) is 5.20. The minimum absolute atomic E-state index is 0.0288. The van der Waals surface area contributed by atoms with Gasteiger partial charge in [-0.2, -0.15) is 0 Å². The Morgan fingerprint density at radius 3 is 2.32 bits per heavy atom. The second-order valence-electron chi connectivity index (χ2n) is 5.20. The van der Waals surface area contributed by atoms with Crippen LogP contribution in [0.2, 0.25) is 0 Å². The lowest BCUT2D eigenvalue weighted by atomic mass is 10.1. The summed E-state index contributed by atoms with van der Waals surface area (Å²) >= 11 is 0. The van der Waals surface area contributed by atoms with Crippen molar-refractivity contribution in [3.63, 3.8) is 0 Å². The fourth-order valence-corrected chi connectivity index (χ4v) is 1.39. The van der Waals surface area contributed by atoms with Crippen LogP contribution in [0, 0.1) is 5.82 Å². The van der Waals surface area contributed by atoms with E-state index in [1.54, 1.807) is 0 Å². The first-order valence-electron chi connectivity index (χ1n) is 5.84. The zero-order chi connectivity index (χ0) is 14.6. The smallest absolute Gasteiger partial charge is 0.319 e. The van der Waals surface area contributed by atoms with Gasteiger partial charge in [0.15, 0.2) is 0 Å². The molecule has 0 aliphatic rings. The Morgan fingerprint density at radius 2 is 1.79 bits per heavy atom. The molecule has 0 bridgehead atoms. The lowest BCUT2D eigenvalue weighted by Crippen LogP contribution is -2.43. The number of hydrogen-bond donors (Lipinski definition) is 3. The first-order valence-corrected chi connectivity index (χ1v) is 5.84. The Kier molecular flexibility index (Phi) is 4.47. The largest absolute Gasteiger partial charge is 0.333 e. The summed E-state index contributed by atoms with van der Waals surface area (Å²) in [6, 6.07) is 3.56. The van der Waals surface area contributed by atoms with Crippen molar-refractivity contribution in [2.75, 3.05) is 10.6 Å². The molecule has 0 aromatic heterocycles. The molecule has 6 heteroatoms. The van der Waals surface area contributed by atoms with Gasteiger partial charge in [-0.1, -0.05) is 0 Å². The quantitative estimate of drug-likeness (QED) is 0.771. The predicted octanol–water partition coefficient (Wildman–Crippen LogP) is 2.70. The van der Waals surface area contributed by atoms with Crippen molar-refractivity contribution < 1.29 is 14.0 Å². The molecular weight excluding hydrogens is 249 g/mol. The van der Waals surface area contributed by atoms with E-state index >= 15 is 0 Å². The molecule has 5 nitrogen and oxygen atoms in total. The number of carbonyl (C=O) groups excluding carboxylic acids is 2. The maximum Gasteiger partial charge on any atom is 0.319 e. The highest BCUT2D eigenvalue weighted by Crippen LogP contribution is 2.19. The average molecular weight is 267 g/mol. The minimum atomic E-state index is -0.558. The SMILES string of the molecule is CC(=O)Nc1cc(NC(=O)NC(C)(C)C)ccc1F. The summed E-state index contributed by atoms with van der Waals surface area (Å²) in [5, 5.41) is 7.63. The molecule has 0 atom stereocenters. The standard InChI is InChI=1S/C13H18FN3O2/c1-8(18)15-11-7-9(5-6-10(11)14)16-12(19)17-13(2,3)4/h5-7H,1-4H3,(H,15,18)(H2,16,17,19). The van der Waals surface area contributed by atoms with Crippen molar-refractivity contribution >= 4 is 23.3 Å². The van der Waals surface area contributed by atoms with Crippen LogP contribution in [-0.4, -0.2) is 17.5 Å². The third-order valence-corrected chi connectivity index (χ3v) is 2.02. The average Bonchev–Trinajstić information content (AvgIpc) is 2.19. The van der Waals surface area contributed by atoms with Gasteiger partial charge in [-0.15, -0.1) is 0 Å². The third-order valence-electron chi connectivity index (χ3n) is 2.02. The van der Waals surface area contributed by atoms with Crippen molar-refractivity contribution in [3.05, 3.63) is 24.0 Å². The highest BCUT2D eigenvalue weighted by Gasteiger charge is 2.14. The summed E-state index contributed by atoms with van der Waals surface area (Å²) in [7, 11) is 0. The van der Waals surface area contributed by atoms with Crippen molar-refractivity contribution in [1.82, 2.24) is 5.32 Å². The van der Waals surface area contributed by atoms with Gasteiger partial charge in [0.25, 0.3) is 0 Å². The van der Waals surface area contributed by atoms with E-state index < -0.39 is 11.8 Å². The van der Waals surface area contributed by atoms with Gasteiger partial charge < -0.3 is 16.0 Å². The maximum absolute atomic E-state index is 13.4. The molecule has 0 heterocycles. The second kappa shape index (κ2) is 5.69. The number of hydrogen-bond acceptors (Lipinski definition) is 2. The van der Waals surface area contributed by atoms with Crippen molar-refractivity contribution in [1.29, 1.82) is 0 Å². The first-order chi connectivity index (χ1) is 8.67. The Bertz CT molecular complexity index is 495. The van der Waals surface area contributed by atoms with E-state index in [0.717, 1.165) is 0 Å². The highest BCUT2D eigenvalue weighted by molar-refractivity contribution is 5.92. The molecule has 0 saturated carbocycles. The topological polar surface area (TPSA) is 70.2 Å². The number of urea groups is 1. The van der Waals surface area contributed by atoms with Crippen molar-refractivity contribution in [3.8, 4) is 0 Å². The van der Waals surface area contributed by atoms with Gasteiger partial charge in [-0.25, -0.2) is 9.18 Å². The van der Waals surface area contributed by atoms with Crippen LogP contribution < -0.4 is 16.0 Å². The molecule has 1 rings (SSSR count). The summed E-state index contributed by atoms with van der Waals surface area (Å²) in [6.07, 6.45) is 0. The Labute approximate surface area is 111 Å². The number of amides is 3. The Morgan fingerprint density at radius 1 is 1.16 bits per heavy atom. The first kappa shape index (κ1) is 14.9. The molecule has 0 aliphatic carbocycles. The van der Waals surface area contributed by atoms with Crippen LogP contribution in [0.5, 0.6) is 0 Å². The Hall–Kier alpha value is -2.11. The summed E-state index contributed by atoms with van der Waals surface area (Å²) in [6.45, 7) is 6.83. The van der Waals surface area contributed by atoms with Crippen molar-refractivity contribution in [2.24, 2.45) is 0 Å². The van der Waals surface area contributed by atoms with Crippen LogP contribution in [0.25, 0.3) is 0 Å². The molecule has 104 valence electrons. The molecule has 3 N–H and O–H groups in total. The van der Waals surface area contributed by atoms with Gasteiger partial charge in [0.2, 0.25) is 5.91 Å². The van der Waals surface area contributed by atoms with E-state index in [-0.39, 0.29) is 17.1 Å². The van der Waals surface area contributed by atoms with Crippen LogP contribution in [0.3, 0.4) is 0 Å². The van der Waals surface area contributed by atoms with E-state index in [9.17, 15) is 14.0 Å². The normalized spacial score (nSPS) is 10.8. The molecule has 19 heavy (non-hydrogen) atoms.